The summed E-state index contributed by atoms with van der Waals surface area (Å²) < 4.78 is 5.79. The highest BCUT2D eigenvalue weighted by molar-refractivity contribution is 7.17. The summed E-state index contributed by atoms with van der Waals surface area (Å²) in [6.07, 6.45) is 3.00. The number of hydrogen-bond donors (Lipinski definition) is 1. The van der Waals surface area contributed by atoms with E-state index in [2.05, 4.69) is 30.6 Å². The van der Waals surface area contributed by atoms with Gasteiger partial charge in [-0.25, -0.2) is 0 Å². The number of ether oxygens (including phenoxy) is 1. The maximum Gasteiger partial charge on any atom is 0.295 e. The zero-order chi connectivity index (χ0) is 19.2. The SMILES string of the molecule is O=C(Cc1ccccc1)Nc1nnc(OC[C@@H]2CCN(c3cccnn3)C2)s1. The topological polar surface area (TPSA) is 93.1 Å². The van der Waals surface area contributed by atoms with Crippen LogP contribution in [0.15, 0.2) is 48.7 Å². The van der Waals surface area contributed by atoms with Gasteiger partial charge in [-0.15, -0.1) is 10.2 Å². The second-order valence-electron chi connectivity index (χ2n) is 6.58. The summed E-state index contributed by atoms with van der Waals surface area (Å²) in [6.45, 7) is 2.37. The molecule has 1 N–H and O–H groups in total. The molecular weight excluding hydrogens is 376 g/mol. The van der Waals surface area contributed by atoms with Crippen molar-refractivity contribution in [3.63, 3.8) is 0 Å². The van der Waals surface area contributed by atoms with Gasteiger partial charge >= 0.3 is 0 Å². The number of anilines is 2. The van der Waals surface area contributed by atoms with E-state index in [1.807, 2.05) is 42.5 Å². The van der Waals surface area contributed by atoms with Crippen molar-refractivity contribution in [2.75, 3.05) is 29.9 Å². The van der Waals surface area contributed by atoms with Gasteiger partial charge in [-0.05, 0) is 35.5 Å². The minimum absolute atomic E-state index is 0.121. The molecule has 2 aromatic heterocycles. The Kier molecular flexibility index (Phi) is 5.72. The molecule has 1 aliphatic rings. The molecule has 8 nitrogen and oxygen atoms in total. The summed E-state index contributed by atoms with van der Waals surface area (Å²) in [7, 11) is 0. The Morgan fingerprint density at radius 1 is 1.18 bits per heavy atom. The summed E-state index contributed by atoms with van der Waals surface area (Å²) in [5.41, 5.74) is 0.954. The van der Waals surface area contributed by atoms with Crippen molar-refractivity contribution in [1.82, 2.24) is 20.4 Å². The summed E-state index contributed by atoms with van der Waals surface area (Å²) in [5.74, 6) is 1.16. The highest BCUT2D eigenvalue weighted by Crippen LogP contribution is 2.25. The Morgan fingerprint density at radius 2 is 2.07 bits per heavy atom. The zero-order valence-electron chi connectivity index (χ0n) is 15.2. The number of amides is 1. The van der Waals surface area contributed by atoms with Crippen LogP contribution in [0.4, 0.5) is 10.9 Å². The zero-order valence-corrected chi connectivity index (χ0v) is 16.0. The van der Waals surface area contributed by atoms with Crippen molar-refractivity contribution in [3.8, 4) is 5.19 Å². The summed E-state index contributed by atoms with van der Waals surface area (Å²) in [6, 6.07) is 13.4. The van der Waals surface area contributed by atoms with E-state index in [-0.39, 0.29) is 5.91 Å². The van der Waals surface area contributed by atoms with Crippen LogP contribution in [-0.4, -0.2) is 46.0 Å². The maximum atomic E-state index is 12.1. The Hall–Kier alpha value is -3.07. The predicted molar refractivity (Wildman–Crippen MR) is 107 cm³/mol. The van der Waals surface area contributed by atoms with E-state index >= 15 is 0 Å². The molecule has 0 unspecified atom stereocenters. The molecule has 0 saturated carbocycles. The normalized spacial score (nSPS) is 16.1. The van der Waals surface area contributed by atoms with Gasteiger partial charge < -0.3 is 15.0 Å². The van der Waals surface area contributed by atoms with E-state index in [9.17, 15) is 4.79 Å². The summed E-state index contributed by atoms with van der Waals surface area (Å²) in [4.78, 5) is 14.3. The van der Waals surface area contributed by atoms with Gasteiger partial charge in [0.1, 0.15) is 0 Å². The molecule has 4 rings (SSSR count). The summed E-state index contributed by atoms with van der Waals surface area (Å²) >= 11 is 1.24. The Morgan fingerprint density at radius 3 is 2.89 bits per heavy atom. The van der Waals surface area contributed by atoms with E-state index in [4.69, 9.17) is 4.74 Å². The van der Waals surface area contributed by atoms with Crippen molar-refractivity contribution in [1.29, 1.82) is 0 Å². The molecule has 0 spiro atoms. The Bertz CT molecular complexity index is 905. The van der Waals surface area contributed by atoms with Crippen LogP contribution in [0, 0.1) is 5.92 Å². The number of carbonyl (C=O) groups excluding carboxylic acids is 1. The fraction of sp³-hybridized carbons (Fsp3) is 0.316. The third kappa shape index (κ3) is 4.80. The molecule has 0 aliphatic carbocycles. The molecule has 9 heteroatoms. The number of hydrogen-bond acceptors (Lipinski definition) is 8. The van der Waals surface area contributed by atoms with Crippen LogP contribution in [0.5, 0.6) is 5.19 Å². The average molecular weight is 396 g/mol. The Labute approximate surface area is 166 Å². The second kappa shape index (κ2) is 8.75. The van der Waals surface area contributed by atoms with Crippen molar-refractivity contribution in [2.45, 2.75) is 12.8 Å². The van der Waals surface area contributed by atoms with E-state index in [1.165, 1.54) is 11.3 Å². The lowest BCUT2D eigenvalue weighted by Crippen LogP contribution is -2.22. The molecule has 1 aromatic carbocycles. The second-order valence-corrected chi connectivity index (χ2v) is 7.52. The fourth-order valence-corrected chi connectivity index (χ4v) is 3.71. The van der Waals surface area contributed by atoms with Crippen molar-refractivity contribution >= 4 is 28.2 Å². The van der Waals surface area contributed by atoms with Gasteiger partial charge in [0.25, 0.3) is 5.19 Å². The average Bonchev–Trinajstić information content (AvgIpc) is 3.37. The molecule has 1 fully saturated rings. The Balaban J connectivity index is 1.23. The van der Waals surface area contributed by atoms with E-state index < -0.39 is 0 Å². The van der Waals surface area contributed by atoms with Gasteiger partial charge in [-0.2, -0.15) is 5.10 Å². The van der Waals surface area contributed by atoms with Crippen molar-refractivity contribution < 1.29 is 9.53 Å². The van der Waals surface area contributed by atoms with E-state index in [0.717, 1.165) is 30.9 Å². The molecule has 3 aromatic rings. The minimum atomic E-state index is -0.121. The standard InChI is InChI=1S/C19H20N6O2S/c26-17(11-14-5-2-1-3-6-14)21-18-23-24-19(28-18)27-13-15-8-10-25(12-15)16-7-4-9-20-22-16/h1-7,9,15H,8,10-13H2,(H,21,23,26)/t15-/m1/s1. The first-order chi connectivity index (χ1) is 13.8. The molecule has 144 valence electrons. The summed E-state index contributed by atoms with van der Waals surface area (Å²) in [5, 5.41) is 19.8. The van der Waals surface area contributed by atoms with Gasteiger partial charge in [0.2, 0.25) is 11.0 Å². The number of benzene rings is 1. The molecule has 1 amide bonds. The number of nitrogens with zero attached hydrogens (tertiary/aromatic N) is 5. The lowest BCUT2D eigenvalue weighted by molar-refractivity contribution is -0.115. The first-order valence-corrected chi connectivity index (χ1v) is 9.90. The van der Waals surface area contributed by atoms with Crippen molar-refractivity contribution in [3.05, 3.63) is 54.2 Å². The third-order valence-corrected chi connectivity index (χ3v) is 5.22. The number of nitrogens with one attached hydrogen (secondary N) is 1. The maximum absolute atomic E-state index is 12.1. The molecule has 1 aliphatic heterocycles. The molecule has 28 heavy (non-hydrogen) atoms. The van der Waals surface area contributed by atoms with Crippen LogP contribution >= 0.6 is 11.3 Å². The fourth-order valence-electron chi connectivity index (χ4n) is 3.09. The molecule has 1 saturated heterocycles. The molecule has 0 radical (unpaired) electrons. The van der Waals surface area contributed by atoms with Crippen LogP contribution in [0.2, 0.25) is 0 Å². The van der Waals surface area contributed by atoms with Gasteiger partial charge in [0.15, 0.2) is 5.82 Å². The van der Waals surface area contributed by atoms with Gasteiger partial charge in [-0.1, -0.05) is 35.4 Å². The highest BCUT2D eigenvalue weighted by Gasteiger charge is 2.24. The largest absolute Gasteiger partial charge is 0.469 e. The lowest BCUT2D eigenvalue weighted by Gasteiger charge is -2.16. The lowest BCUT2D eigenvalue weighted by atomic mass is 10.1. The molecular formula is C19H20N6O2S. The minimum Gasteiger partial charge on any atom is -0.469 e. The third-order valence-electron chi connectivity index (χ3n) is 4.47. The number of rotatable bonds is 7. The van der Waals surface area contributed by atoms with Gasteiger partial charge in [0.05, 0.1) is 13.0 Å². The van der Waals surface area contributed by atoms with E-state index in [0.29, 0.717) is 29.3 Å². The van der Waals surface area contributed by atoms with Crippen LogP contribution in [-0.2, 0) is 11.2 Å². The monoisotopic (exact) mass is 396 g/mol. The smallest absolute Gasteiger partial charge is 0.295 e. The van der Waals surface area contributed by atoms with Crippen LogP contribution in [0.25, 0.3) is 0 Å². The van der Waals surface area contributed by atoms with Crippen LogP contribution in [0.1, 0.15) is 12.0 Å². The number of carbonyl (C=O) groups is 1. The first kappa shape index (κ1) is 18.3. The van der Waals surface area contributed by atoms with Gasteiger partial charge in [-0.3, -0.25) is 4.79 Å². The first-order valence-electron chi connectivity index (χ1n) is 9.09. The molecule has 1 atom stereocenters. The van der Waals surface area contributed by atoms with Crippen LogP contribution < -0.4 is 15.0 Å². The number of aromatic nitrogens is 4. The quantitative estimate of drug-likeness (QED) is 0.655. The van der Waals surface area contributed by atoms with E-state index in [1.54, 1.807) is 6.20 Å². The van der Waals surface area contributed by atoms with Crippen LogP contribution in [0.3, 0.4) is 0 Å². The van der Waals surface area contributed by atoms with Gasteiger partial charge in [0, 0.05) is 25.2 Å². The van der Waals surface area contributed by atoms with Crippen molar-refractivity contribution in [2.24, 2.45) is 5.92 Å². The highest BCUT2D eigenvalue weighted by atomic mass is 32.1. The molecule has 0 bridgehead atoms. The predicted octanol–water partition coefficient (Wildman–Crippen LogP) is 2.41. The molecule has 3 heterocycles.